The van der Waals surface area contributed by atoms with Crippen LogP contribution >= 0.6 is 34.3 Å². The van der Waals surface area contributed by atoms with Gasteiger partial charge in [-0.25, -0.2) is 0 Å². The fourth-order valence-corrected chi connectivity index (χ4v) is 3.83. The third kappa shape index (κ3) is 2.46. The molecule has 0 aliphatic heterocycles. The summed E-state index contributed by atoms with van der Waals surface area (Å²) >= 11 is 9.14. The van der Waals surface area contributed by atoms with E-state index in [-0.39, 0.29) is 0 Å². The standard InChI is InChI=1S/C14H9ClN4S2/c15-10-5-3-9(4-6-10)8-12-16-17-14-19(12)18-13(21-14)11-2-1-7-20-11/h1-7H,8H2. The maximum absolute atomic E-state index is 5.91. The Hall–Kier alpha value is -1.76. The summed E-state index contributed by atoms with van der Waals surface area (Å²) in [4.78, 5) is 1.98. The third-order valence-corrected chi connectivity index (χ3v) is 5.25. The van der Waals surface area contributed by atoms with Gasteiger partial charge in [-0.3, -0.25) is 0 Å². The van der Waals surface area contributed by atoms with Gasteiger partial charge in [0, 0.05) is 11.4 Å². The van der Waals surface area contributed by atoms with E-state index in [4.69, 9.17) is 11.6 Å². The minimum atomic E-state index is 0.686. The second-order valence-electron chi connectivity index (χ2n) is 4.50. The van der Waals surface area contributed by atoms with Crippen LogP contribution in [-0.4, -0.2) is 19.8 Å². The highest BCUT2D eigenvalue weighted by Gasteiger charge is 2.13. The maximum atomic E-state index is 5.91. The number of aromatic nitrogens is 4. The smallest absolute Gasteiger partial charge is 0.187 e. The first kappa shape index (κ1) is 12.9. The highest BCUT2D eigenvalue weighted by Crippen LogP contribution is 2.29. The van der Waals surface area contributed by atoms with E-state index >= 15 is 0 Å². The second-order valence-corrected chi connectivity index (χ2v) is 6.84. The Bertz CT molecular complexity index is 878. The largest absolute Gasteiger partial charge is 0.235 e. The fraction of sp³-hybridized carbons (Fsp3) is 0.0714. The summed E-state index contributed by atoms with van der Waals surface area (Å²) in [6.45, 7) is 0. The molecule has 0 unspecified atom stereocenters. The number of hydrogen-bond acceptors (Lipinski definition) is 5. The molecule has 21 heavy (non-hydrogen) atoms. The normalized spacial score (nSPS) is 11.3. The monoisotopic (exact) mass is 332 g/mol. The third-order valence-electron chi connectivity index (χ3n) is 3.06. The van der Waals surface area contributed by atoms with E-state index in [9.17, 15) is 0 Å². The van der Waals surface area contributed by atoms with Gasteiger partial charge in [-0.15, -0.1) is 21.5 Å². The maximum Gasteiger partial charge on any atom is 0.235 e. The van der Waals surface area contributed by atoms with Crippen LogP contribution in [0.5, 0.6) is 0 Å². The van der Waals surface area contributed by atoms with Gasteiger partial charge in [0.1, 0.15) is 0 Å². The highest BCUT2D eigenvalue weighted by atomic mass is 35.5. The van der Waals surface area contributed by atoms with Crippen LogP contribution in [0.25, 0.3) is 14.8 Å². The molecule has 0 saturated heterocycles. The Morgan fingerprint density at radius 2 is 1.95 bits per heavy atom. The molecule has 104 valence electrons. The van der Waals surface area contributed by atoms with Gasteiger partial charge in [-0.1, -0.05) is 41.1 Å². The van der Waals surface area contributed by atoms with Gasteiger partial charge in [0.25, 0.3) is 0 Å². The number of halogens is 1. The topological polar surface area (TPSA) is 43.1 Å². The van der Waals surface area contributed by atoms with E-state index in [1.54, 1.807) is 22.7 Å². The molecule has 0 atom stereocenters. The van der Waals surface area contributed by atoms with Gasteiger partial charge < -0.3 is 0 Å². The van der Waals surface area contributed by atoms with E-state index in [1.807, 2.05) is 40.2 Å². The first-order valence-electron chi connectivity index (χ1n) is 6.29. The van der Waals surface area contributed by atoms with Crippen molar-refractivity contribution >= 4 is 39.2 Å². The number of benzene rings is 1. The molecular formula is C14H9ClN4S2. The van der Waals surface area contributed by atoms with Crippen molar-refractivity contribution in [3.8, 4) is 9.88 Å². The van der Waals surface area contributed by atoms with Gasteiger partial charge in [0.2, 0.25) is 4.96 Å². The molecule has 1 aromatic carbocycles. The minimum Gasteiger partial charge on any atom is -0.187 e. The summed E-state index contributed by atoms with van der Waals surface area (Å²) in [5.74, 6) is 0.839. The summed E-state index contributed by atoms with van der Waals surface area (Å²) in [5.41, 5.74) is 1.14. The molecule has 0 fully saturated rings. The second kappa shape index (κ2) is 5.22. The highest BCUT2D eigenvalue weighted by molar-refractivity contribution is 7.23. The summed E-state index contributed by atoms with van der Waals surface area (Å²) in [5, 5.41) is 16.8. The number of thiophene rings is 1. The number of fused-ring (bicyclic) bond motifs is 1. The lowest BCUT2D eigenvalue weighted by molar-refractivity contribution is 0.855. The van der Waals surface area contributed by atoms with E-state index < -0.39 is 0 Å². The van der Waals surface area contributed by atoms with E-state index in [0.717, 1.165) is 31.3 Å². The Morgan fingerprint density at radius 3 is 2.71 bits per heavy atom. The molecular weight excluding hydrogens is 324 g/mol. The van der Waals surface area contributed by atoms with E-state index in [2.05, 4.69) is 21.4 Å². The first-order chi connectivity index (χ1) is 10.3. The lowest BCUT2D eigenvalue weighted by Gasteiger charge is -1.98. The first-order valence-corrected chi connectivity index (χ1v) is 8.36. The quantitative estimate of drug-likeness (QED) is 0.566. The molecule has 0 bridgehead atoms. The Balaban J connectivity index is 1.71. The molecule has 3 heterocycles. The molecule has 4 rings (SSSR count). The Kier molecular flexibility index (Phi) is 3.21. The Labute approximate surface area is 133 Å². The van der Waals surface area contributed by atoms with Gasteiger partial charge in [-0.2, -0.15) is 9.61 Å². The number of hydrogen-bond donors (Lipinski definition) is 0. The van der Waals surface area contributed by atoms with Gasteiger partial charge in [0.15, 0.2) is 10.8 Å². The summed E-state index contributed by atoms with van der Waals surface area (Å²) in [6.07, 6.45) is 0.686. The molecule has 4 aromatic rings. The molecule has 4 nitrogen and oxygen atoms in total. The lowest BCUT2D eigenvalue weighted by Crippen LogP contribution is -1.97. The molecule has 0 radical (unpaired) electrons. The molecule has 7 heteroatoms. The van der Waals surface area contributed by atoms with Crippen molar-refractivity contribution in [2.45, 2.75) is 6.42 Å². The predicted octanol–water partition coefficient (Wildman–Crippen LogP) is 4.16. The SMILES string of the molecule is Clc1ccc(Cc2nnc3sc(-c4cccs4)nn23)cc1. The van der Waals surface area contributed by atoms with Crippen molar-refractivity contribution in [1.29, 1.82) is 0 Å². The van der Waals surface area contributed by atoms with Crippen LogP contribution in [0, 0.1) is 0 Å². The van der Waals surface area contributed by atoms with Crippen molar-refractivity contribution in [1.82, 2.24) is 19.8 Å². The zero-order valence-corrected chi connectivity index (χ0v) is 13.1. The lowest BCUT2D eigenvalue weighted by atomic mass is 10.1. The number of rotatable bonds is 3. The average Bonchev–Trinajstić information content (AvgIpc) is 3.18. The minimum absolute atomic E-state index is 0.686. The molecule has 0 spiro atoms. The van der Waals surface area contributed by atoms with Crippen LogP contribution in [0.3, 0.4) is 0 Å². The van der Waals surface area contributed by atoms with Crippen molar-refractivity contribution in [3.05, 3.63) is 58.2 Å². The molecule has 0 aliphatic carbocycles. The zero-order valence-electron chi connectivity index (χ0n) is 10.7. The van der Waals surface area contributed by atoms with Crippen LogP contribution in [0.15, 0.2) is 41.8 Å². The van der Waals surface area contributed by atoms with Crippen LogP contribution in [-0.2, 0) is 6.42 Å². The molecule has 0 aliphatic rings. The average molecular weight is 333 g/mol. The van der Waals surface area contributed by atoms with Crippen molar-refractivity contribution in [2.75, 3.05) is 0 Å². The van der Waals surface area contributed by atoms with Crippen molar-refractivity contribution in [3.63, 3.8) is 0 Å². The zero-order chi connectivity index (χ0) is 14.2. The molecule has 0 amide bonds. The predicted molar refractivity (Wildman–Crippen MR) is 86.2 cm³/mol. The summed E-state index contributed by atoms with van der Waals surface area (Å²) in [6, 6.07) is 11.8. The van der Waals surface area contributed by atoms with Crippen molar-refractivity contribution < 1.29 is 0 Å². The van der Waals surface area contributed by atoms with E-state index in [0.29, 0.717) is 6.42 Å². The van der Waals surface area contributed by atoms with E-state index in [1.165, 1.54) is 0 Å². The molecule has 0 N–H and O–H groups in total. The van der Waals surface area contributed by atoms with Crippen molar-refractivity contribution in [2.24, 2.45) is 0 Å². The van der Waals surface area contributed by atoms with Crippen LogP contribution < -0.4 is 0 Å². The van der Waals surface area contributed by atoms with Gasteiger partial charge in [-0.05, 0) is 29.1 Å². The van der Waals surface area contributed by atoms with Gasteiger partial charge in [0.05, 0.1) is 4.88 Å². The fourth-order valence-electron chi connectivity index (χ4n) is 2.05. The van der Waals surface area contributed by atoms with Gasteiger partial charge >= 0.3 is 0 Å². The molecule has 0 saturated carbocycles. The van der Waals surface area contributed by atoms with Crippen LogP contribution in [0.2, 0.25) is 5.02 Å². The Morgan fingerprint density at radius 1 is 1.10 bits per heavy atom. The summed E-state index contributed by atoms with van der Waals surface area (Å²) < 4.78 is 1.83. The summed E-state index contributed by atoms with van der Waals surface area (Å²) in [7, 11) is 0. The molecule has 3 aromatic heterocycles. The van der Waals surface area contributed by atoms with Crippen LogP contribution in [0.1, 0.15) is 11.4 Å². The number of nitrogens with zero attached hydrogens (tertiary/aromatic N) is 4. The van der Waals surface area contributed by atoms with Crippen LogP contribution in [0.4, 0.5) is 0 Å².